The molecule has 1 aromatic heterocycles. The fraction of sp³-hybridized carbons (Fsp3) is 0.238. The summed E-state index contributed by atoms with van der Waals surface area (Å²) >= 11 is 6.16. The molecule has 3 aromatic rings. The second-order valence-corrected chi connectivity index (χ2v) is 7.30. The summed E-state index contributed by atoms with van der Waals surface area (Å²) in [5.74, 6) is -3.66. The molecule has 0 bridgehead atoms. The van der Waals surface area contributed by atoms with Gasteiger partial charge in [0.2, 0.25) is 0 Å². The molecule has 0 aliphatic carbocycles. The van der Waals surface area contributed by atoms with Gasteiger partial charge in [-0.1, -0.05) is 41.9 Å². The van der Waals surface area contributed by atoms with Crippen LogP contribution in [0.2, 0.25) is 5.02 Å². The third kappa shape index (κ3) is 3.40. The molecular weight excluding hydrogens is 386 g/mol. The van der Waals surface area contributed by atoms with Gasteiger partial charge in [-0.2, -0.15) is 0 Å². The van der Waals surface area contributed by atoms with Crippen LogP contribution < -0.4 is 4.90 Å². The van der Waals surface area contributed by atoms with E-state index in [2.05, 4.69) is 4.98 Å². The minimum Gasteiger partial charge on any atom is -0.478 e. The number of fused-ring (bicyclic) bond motifs is 1. The molecular formula is C21H17ClF2N2O2. The third-order valence-electron chi connectivity index (χ3n) is 5.00. The van der Waals surface area contributed by atoms with E-state index in [9.17, 15) is 18.7 Å². The molecule has 1 fully saturated rings. The maximum atomic E-state index is 13.6. The first-order chi connectivity index (χ1) is 13.4. The maximum absolute atomic E-state index is 13.6. The smallest absolute Gasteiger partial charge is 0.340 e. The fourth-order valence-corrected chi connectivity index (χ4v) is 3.78. The summed E-state index contributed by atoms with van der Waals surface area (Å²) in [4.78, 5) is 18.4. The molecule has 1 N–H and O–H groups in total. The molecule has 0 radical (unpaired) electrons. The molecule has 0 atom stereocenters. The van der Waals surface area contributed by atoms with Crippen LogP contribution in [0.5, 0.6) is 0 Å². The standard InChI is InChI=1S/C21H17ClF2N2O2/c22-14-6-7-16-15(12-14)17(13-4-2-1-3-5-13)18(20(27)28)19(25-16)26-10-8-21(23,24)9-11-26/h1-7,12H,8-11H2,(H,27,28). The lowest BCUT2D eigenvalue weighted by Crippen LogP contribution is -2.40. The molecule has 28 heavy (non-hydrogen) atoms. The summed E-state index contributed by atoms with van der Waals surface area (Å²) in [5.41, 5.74) is 1.78. The van der Waals surface area contributed by atoms with Gasteiger partial charge in [0.1, 0.15) is 11.4 Å². The Labute approximate surface area is 165 Å². The molecule has 0 amide bonds. The van der Waals surface area contributed by atoms with Crippen LogP contribution in [0.3, 0.4) is 0 Å². The summed E-state index contributed by atoms with van der Waals surface area (Å²) in [6.45, 7) is 0.0984. The number of rotatable bonds is 3. The van der Waals surface area contributed by atoms with E-state index in [-0.39, 0.29) is 37.3 Å². The number of carboxylic acids is 1. The van der Waals surface area contributed by atoms with Gasteiger partial charge in [0.15, 0.2) is 0 Å². The lowest BCUT2D eigenvalue weighted by molar-refractivity contribution is -0.0221. The van der Waals surface area contributed by atoms with Gasteiger partial charge in [0, 0.05) is 41.9 Å². The largest absolute Gasteiger partial charge is 0.478 e. The van der Waals surface area contributed by atoms with Crippen LogP contribution >= 0.6 is 11.6 Å². The van der Waals surface area contributed by atoms with E-state index < -0.39 is 11.9 Å². The Bertz CT molecular complexity index is 1050. The Morgan fingerprint density at radius 2 is 1.79 bits per heavy atom. The van der Waals surface area contributed by atoms with Crippen molar-refractivity contribution < 1.29 is 18.7 Å². The molecule has 7 heteroatoms. The van der Waals surface area contributed by atoms with Crippen molar-refractivity contribution in [1.82, 2.24) is 4.98 Å². The molecule has 0 saturated carbocycles. The lowest BCUT2D eigenvalue weighted by atomic mass is 9.94. The highest BCUT2D eigenvalue weighted by Crippen LogP contribution is 2.39. The van der Waals surface area contributed by atoms with Crippen molar-refractivity contribution in [1.29, 1.82) is 0 Å². The van der Waals surface area contributed by atoms with Crippen molar-refractivity contribution in [3.05, 3.63) is 59.1 Å². The average molecular weight is 403 g/mol. The molecule has 1 aliphatic rings. The van der Waals surface area contributed by atoms with Crippen molar-refractivity contribution in [2.45, 2.75) is 18.8 Å². The van der Waals surface area contributed by atoms with Gasteiger partial charge in [-0.3, -0.25) is 0 Å². The number of carbonyl (C=O) groups is 1. The summed E-state index contributed by atoms with van der Waals surface area (Å²) in [7, 11) is 0. The van der Waals surface area contributed by atoms with Crippen molar-refractivity contribution in [3.8, 4) is 11.1 Å². The Hall–Kier alpha value is -2.73. The number of hydrogen-bond donors (Lipinski definition) is 1. The molecule has 1 saturated heterocycles. The maximum Gasteiger partial charge on any atom is 0.340 e. The Morgan fingerprint density at radius 3 is 2.43 bits per heavy atom. The zero-order chi connectivity index (χ0) is 19.9. The average Bonchev–Trinajstić information content (AvgIpc) is 2.67. The van der Waals surface area contributed by atoms with Crippen LogP contribution in [0.1, 0.15) is 23.2 Å². The van der Waals surface area contributed by atoms with Crippen molar-refractivity contribution in [2.24, 2.45) is 0 Å². The summed E-state index contributed by atoms with van der Waals surface area (Å²) in [6, 6.07) is 14.2. The number of carboxylic acid groups (broad SMARTS) is 1. The summed E-state index contributed by atoms with van der Waals surface area (Å²) in [6.07, 6.45) is -0.653. The van der Waals surface area contributed by atoms with Crippen LogP contribution in [-0.4, -0.2) is 35.1 Å². The monoisotopic (exact) mass is 402 g/mol. The summed E-state index contributed by atoms with van der Waals surface area (Å²) < 4.78 is 27.2. The number of piperidine rings is 1. The van der Waals surface area contributed by atoms with Gasteiger partial charge in [-0.15, -0.1) is 0 Å². The van der Waals surface area contributed by atoms with Gasteiger partial charge in [0.05, 0.1) is 5.52 Å². The number of aromatic nitrogens is 1. The highest BCUT2D eigenvalue weighted by atomic mass is 35.5. The van der Waals surface area contributed by atoms with Crippen molar-refractivity contribution >= 4 is 34.3 Å². The molecule has 4 nitrogen and oxygen atoms in total. The second kappa shape index (κ2) is 7.02. The minimum absolute atomic E-state index is 0.00572. The molecule has 0 unspecified atom stereocenters. The Balaban J connectivity index is 1.99. The van der Waals surface area contributed by atoms with E-state index in [0.717, 1.165) is 0 Å². The SMILES string of the molecule is O=C(O)c1c(N2CCC(F)(F)CC2)nc2ccc(Cl)cc2c1-c1ccccc1. The van der Waals surface area contributed by atoms with Crippen molar-refractivity contribution in [3.63, 3.8) is 0 Å². The van der Waals surface area contributed by atoms with Crippen LogP contribution in [0, 0.1) is 0 Å². The number of nitrogens with zero attached hydrogens (tertiary/aromatic N) is 2. The van der Waals surface area contributed by atoms with Gasteiger partial charge >= 0.3 is 5.97 Å². The first-order valence-corrected chi connectivity index (χ1v) is 9.28. The van der Waals surface area contributed by atoms with E-state index in [1.165, 1.54) is 0 Å². The number of halogens is 3. The molecule has 2 aromatic carbocycles. The number of pyridine rings is 1. The van der Waals surface area contributed by atoms with Crippen LogP contribution in [0.15, 0.2) is 48.5 Å². The van der Waals surface area contributed by atoms with Gasteiger partial charge in [-0.25, -0.2) is 18.6 Å². The van der Waals surface area contributed by atoms with Crippen LogP contribution in [0.25, 0.3) is 22.0 Å². The highest BCUT2D eigenvalue weighted by molar-refractivity contribution is 6.31. The third-order valence-corrected chi connectivity index (χ3v) is 5.23. The summed E-state index contributed by atoms with van der Waals surface area (Å²) in [5, 5.41) is 11.1. The quantitative estimate of drug-likeness (QED) is 0.629. The first kappa shape index (κ1) is 18.6. The Kier molecular flexibility index (Phi) is 4.67. The van der Waals surface area contributed by atoms with Crippen molar-refractivity contribution in [2.75, 3.05) is 18.0 Å². The topological polar surface area (TPSA) is 53.4 Å². The van der Waals surface area contributed by atoms with Crippen LogP contribution in [0.4, 0.5) is 14.6 Å². The lowest BCUT2D eigenvalue weighted by Gasteiger charge is -2.34. The minimum atomic E-state index is -2.73. The molecule has 144 valence electrons. The zero-order valence-corrected chi connectivity index (χ0v) is 15.6. The van der Waals surface area contributed by atoms with E-state index in [1.54, 1.807) is 23.1 Å². The van der Waals surface area contributed by atoms with Gasteiger partial charge in [-0.05, 0) is 23.8 Å². The first-order valence-electron chi connectivity index (χ1n) is 8.90. The molecule has 2 heterocycles. The van der Waals surface area contributed by atoms with E-state index in [4.69, 9.17) is 11.6 Å². The number of aromatic carboxylic acids is 1. The molecule has 4 rings (SSSR count). The predicted molar refractivity (Wildman–Crippen MR) is 106 cm³/mol. The highest BCUT2D eigenvalue weighted by Gasteiger charge is 2.36. The molecule has 0 spiro atoms. The number of anilines is 1. The zero-order valence-electron chi connectivity index (χ0n) is 14.8. The second-order valence-electron chi connectivity index (χ2n) is 6.86. The van der Waals surface area contributed by atoms with E-state index in [1.807, 2.05) is 30.3 Å². The van der Waals surface area contributed by atoms with Crippen LogP contribution in [-0.2, 0) is 0 Å². The number of alkyl halides is 2. The number of hydrogen-bond acceptors (Lipinski definition) is 3. The van der Waals surface area contributed by atoms with Gasteiger partial charge in [0.25, 0.3) is 5.92 Å². The van der Waals surface area contributed by atoms with E-state index in [0.29, 0.717) is 27.1 Å². The fourth-order valence-electron chi connectivity index (χ4n) is 3.60. The normalized spacial score (nSPS) is 16.3. The van der Waals surface area contributed by atoms with Gasteiger partial charge < -0.3 is 10.0 Å². The van der Waals surface area contributed by atoms with E-state index >= 15 is 0 Å². The molecule has 1 aliphatic heterocycles. The Morgan fingerprint density at radius 1 is 1.11 bits per heavy atom. The predicted octanol–water partition coefficient (Wildman–Crippen LogP) is 5.49. The number of benzene rings is 2.